The molecular weight excluding hydrogens is 909 g/mol. The molecule has 0 saturated heterocycles. The Morgan fingerprint density at radius 2 is 0.581 bits per heavy atom. The van der Waals surface area contributed by atoms with Crippen molar-refractivity contribution in [2.75, 3.05) is 13.2 Å². The van der Waals surface area contributed by atoms with Gasteiger partial charge in [0.05, 0.1) is 6.61 Å². The van der Waals surface area contributed by atoms with Crippen LogP contribution in [0.4, 0.5) is 0 Å². The lowest BCUT2D eigenvalue weighted by molar-refractivity contribution is -0.161. The average Bonchev–Trinajstić information content (AvgIpc) is 3.40. The summed E-state index contributed by atoms with van der Waals surface area (Å²) in [6, 6.07) is 0. The van der Waals surface area contributed by atoms with Gasteiger partial charge in [-0.1, -0.05) is 304 Å². The van der Waals surface area contributed by atoms with E-state index in [1.54, 1.807) is 0 Å². The van der Waals surface area contributed by atoms with Crippen LogP contribution in [0, 0.1) is 0 Å². The van der Waals surface area contributed by atoms with Gasteiger partial charge < -0.3 is 14.6 Å². The van der Waals surface area contributed by atoms with Gasteiger partial charge in [0.25, 0.3) is 0 Å². The topological polar surface area (TPSA) is 72.8 Å². The largest absolute Gasteiger partial charge is 0.462 e. The van der Waals surface area contributed by atoms with Crippen molar-refractivity contribution in [2.45, 2.75) is 328 Å². The zero-order valence-electron chi connectivity index (χ0n) is 49.1. The summed E-state index contributed by atoms with van der Waals surface area (Å²) in [6.45, 7) is 4.06. The Bertz CT molecular complexity index is 1350. The van der Waals surface area contributed by atoms with Crippen molar-refractivity contribution in [3.8, 4) is 0 Å². The number of hydrogen-bond donors (Lipinski definition) is 1. The lowest BCUT2D eigenvalue weighted by atomic mass is 10.0. The normalized spacial score (nSPS) is 12.7. The van der Waals surface area contributed by atoms with E-state index in [2.05, 4.69) is 98.9 Å². The quantitative estimate of drug-likeness (QED) is 0.0373. The Balaban J connectivity index is 3.45. The summed E-state index contributed by atoms with van der Waals surface area (Å²) in [5.41, 5.74) is 0. The Labute approximate surface area is 460 Å². The molecule has 0 rings (SSSR count). The first kappa shape index (κ1) is 71.1. The SMILES string of the molecule is CC/C=C\C/C=C\C/C=C\C/C=C\C/C=C\C/C=C\CCCCCCCCCCCCCCCCCCCCC(=O)OC(CO)COC(=O)CCCCCCCCCCCCC/C=C\CCCCCCCCCC. The number of carbonyl (C=O) groups is 2. The van der Waals surface area contributed by atoms with Crippen molar-refractivity contribution in [3.05, 3.63) is 85.1 Å². The second kappa shape index (κ2) is 64.4. The summed E-state index contributed by atoms with van der Waals surface area (Å²) in [4.78, 5) is 24.6. The Morgan fingerprint density at radius 3 is 0.892 bits per heavy atom. The number of hydrogen-bond acceptors (Lipinski definition) is 5. The van der Waals surface area contributed by atoms with E-state index in [-0.39, 0.29) is 25.2 Å². The van der Waals surface area contributed by atoms with Gasteiger partial charge in [0.15, 0.2) is 6.10 Å². The number of unbranched alkanes of at least 4 members (excludes halogenated alkanes) is 37. The molecule has 74 heavy (non-hydrogen) atoms. The predicted octanol–water partition coefficient (Wildman–Crippen LogP) is 22.1. The van der Waals surface area contributed by atoms with Crippen molar-refractivity contribution >= 4 is 11.9 Å². The lowest BCUT2D eigenvalue weighted by Crippen LogP contribution is -2.28. The fraction of sp³-hybridized carbons (Fsp3) is 0.768. The number of aliphatic hydroxyl groups is 1. The van der Waals surface area contributed by atoms with Gasteiger partial charge in [-0.2, -0.15) is 0 Å². The molecule has 5 nitrogen and oxygen atoms in total. The van der Waals surface area contributed by atoms with Crippen LogP contribution >= 0.6 is 0 Å². The van der Waals surface area contributed by atoms with Gasteiger partial charge in [-0.3, -0.25) is 9.59 Å². The first-order chi connectivity index (χ1) is 36.6. The van der Waals surface area contributed by atoms with E-state index in [1.807, 2.05) is 0 Å². The van der Waals surface area contributed by atoms with Crippen LogP contribution in [0.5, 0.6) is 0 Å². The van der Waals surface area contributed by atoms with E-state index in [4.69, 9.17) is 9.47 Å². The van der Waals surface area contributed by atoms with Gasteiger partial charge in [-0.15, -0.1) is 0 Å². The average molecular weight is 1030 g/mol. The molecule has 1 unspecified atom stereocenters. The Hall–Kier alpha value is -2.92. The van der Waals surface area contributed by atoms with Gasteiger partial charge in [0.2, 0.25) is 0 Å². The van der Waals surface area contributed by atoms with Gasteiger partial charge in [0, 0.05) is 12.8 Å². The zero-order chi connectivity index (χ0) is 53.4. The maximum Gasteiger partial charge on any atom is 0.306 e. The number of allylic oxidation sites excluding steroid dienone is 14. The molecule has 0 spiro atoms. The van der Waals surface area contributed by atoms with Crippen LogP contribution in [-0.4, -0.2) is 36.4 Å². The predicted molar refractivity (Wildman–Crippen MR) is 325 cm³/mol. The molecule has 0 aromatic rings. The summed E-state index contributed by atoms with van der Waals surface area (Å²) in [7, 11) is 0. The molecule has 0 saturated carbocycles. The molecule has 0 heterocycles. The second-order valence-electron chi connectivity index (χ2n) is 21.5. The van der Waals surface area contributed by atoms with Gasteiger partial charge in [0.1, 0.15) is 6.61 Å². The van der Waals surface area contributed by atoms with Gasteiger partial charge in [-0.25, -0.2) is 0 Å². The molecule has 0 bridgehead atoms. The zero-order valence-corrected chi connectivity index (χ0v) is 49.1. The van der Waals surface area contributed by atoms with Gasteiger partial charge in [-0.05, 0) is 89.9 Å². The number of rotatable bonds is 59. The molecule has 0 aliphatic carbocycles. The van der Waals surface area contributed by atoms with Crippen LogP contribution in [0.3, 0.4) is 0 Å². The second-order valence-corrected chi connectivity index (χ2v) is 21.5. The Morgan fingerprint density at radius 1 is 0.324 bits per heavy atom. The minimum Gasteiger partial charge on any atom is -0.462 e. The van der Waals surface area contributed by atoms with Crippen molar-refractivity contribution in [1.82, 2.24) is 0 Å². The molecule has 1 N–H and O–H groups in total. The molecule has 0 aromatic carbocycles. The third-order valence-electron chi connectivity index (χ3n) is 14.2. The maximum absolute atomic E-state index is 12.3. The first-order valence-corrected chi connectivity index (χ1v) is 32.1. The summed E-state index contributed by atoms with van der Waals surface area (Å²) >= 11 is 0. The van der Waals surface area contributed by atoms with Crippen LogP contribution in [0.15, 0.2) is 85.1 Å². The minimum atomic E-state index is -0.774. The van der Waals surface area contributed by atoms with E-state index in [0.29, 0.717) is 12.8 Å². The third kappa shape index (κ3) is 61.6. The van der Waals surface area contributed by atoms with E-state index in [0.717, 1.165) is 77.0 Å². The van der Waals surface area contributed by atoms with Crippen molar-refractivity contribution < 1.29 is 24.2 Å². The van der Waals surface area contributed by atoms with E-state index in [1.165, 1.54) is 218 Å². The summed E-state index contributed by atoms with van der Waals surface area (Å²) in [5.74, 6) is -0.578. The first-order valence-electron chi connectivity index (χ1n) is 32.1. The molecule has 1 atom stereocenters. The molecular formula is C69H122O5. The molecule has 0 amide bonds. The molecule has 0 radical (unpaired) electrons. The van der Waals surface area contributed by atoms with E-state index < -0.39 is 6.10 Å². The minimum absolute atomic E-state index is 0.0646. The monoisotopic (exact) mass is 1030 g/mol. The highest BCUT2D eigenvalue weighted by Crippen LogP contribution is 2.17. The highest BCUT2D eigenvalue weighted by atomic mass is 16.6. The van der Waals surface area contributed by atoms with Crippen LogP contribution in [-0.2, 0) is 19.1 Å². The van der Waals surface area contributed by atoms with E-state index in [9.17, 15) is 14.7 Å². The van der Waals surface area contributed by atoms with Gasteiger partial charge >= 0.3 is 11.9 Å². The van der Waals surface area contributed by atoms with Crippen molar-refractivity contribution in [1.29, 1.82) is 0 Å². The summed E-state index contributed by atoms with van der Waals surface area (Å²) in [6.07, 6.45) is 90.2. The maximum atomic E-state index is 12.3. The lowest BCUT2D eigenvalue weighted by Gasteiger charge is -2.15. The number of aliphatic hydroxyl groups excluding tert-OH is 1. The molecule has 0 aliphatic heterocycles. The van der Waals surface area contributed by atoms with E-state index >= 15 is 0 Å². The Kier molecular flexibility index (Phi) is 61.8. The standard InChI is InChI=1S/C69H122O5/c1-3-5-7-9-11-13-15-17-19-21-23-25-27-28-29-30-31-32-33-34-35-36-37-38-39-40-42-44-46-48-50-52-54-56-58-60-62-64-69(72)74-67(65-70)66-73-68(71)63-61-59-57-55-53-51-49-47-45-43-41-26-24-22-20-18-16-14-12-10-8-6-4-2/h5,7,11,13,17,19,22-25,28-29,31-32,67,70H,3-4,6,8-10,12,14-16,18,20-21,26-27,30,33-66H2,1-2H3/b7-5-,13-11-,19-17-,24-22-,25-23-,29-28-,32-31-. The highest BCUT2D eigenvalue weighted by Gasteiger charge is 2.16. The number of esters is 2. The molecule has 0 aliphatic rings. The molecule has 0 fully saturated rings. The van der Waals surface area contributed by atoms with Crippen molar-refractivity contribution in [2.24, 2.45) is 0 Å². The molecule has 5 heteroatoms. The highest BCUT2D eigenvalue weighted by molar-refractivity contribution is 5.70. The smallest absolute Gasteiger partial charge is 0.306 e. The van der Waals surface area contributed by atoms with Crippen LogP contribution in [0.25, 0.3) is 0 Å². The molecule has 428 valence electrons. The number of carbonyl (C=O) groups excluding carboxylic acids is 2. The molecule has 0 aromatic heterocycles. The van der Waals surface area contributed by atoms with Crippen LogP contribution in [0.2, 0.25) is 0 Å². The van der Waals surface area contributed by atoms with Crippen LogP contribution < -0.4 is 0 Å². The van der Waals surface area contributed by atoms with Crippen LogP contribution in [0.1, 0.15) is 322 Å². The fourth-order valence-corrected chi connectivity index (χ4v) is 9.38. The summed E-state index contributed by atoms with van der Waals surface area (Å²) in [5, 5.41) is 9.68. The fourth-order valence-electron chi connectivity index (χ4n) is 9.38. The number of ether oxygens (including phenoxy) is 2. The summed E-state index contributed by atoms with van der Waals surface area (Å²) < 4.78 is 10.7. The van der Waals surface area contributed by atoms with Crippen molar-refractivity contribution in [3.63, 3.8) is 0 Å². The third-order valence-corrected chi connectivity index (χ3v) is 14.2.